The zero-order valence-electron chi connectivity index (χ0n) is 28.2. The van der Waals surface area contributed by atoms with E-state index >= 15 is 0 Å². The smallest absolute Gasteiger partial charge is 1.00 e. The Bertz CT molecular complexity index is 1490. The summed E-state index contributed by atoms with van der Waals surface area (Å²) < 4.78 is 24.8. The second-order valence-electron chi connectivity index (χ2n) is 10.0. The number of benzene rings is 2. The molecule has 0 spiro atoms. The van der Waals surface area contributed by atoms with Crippen LogP contribution in [0.1, 0.15) is 26.7 Å². The van der Waals surface area contributed by atoms with Gasteiger partial charge in [-0.25, -0.2) is 19.6 Å². The van der Waals surface area contributed by atoms with Gasteiger partial charge in [0.2, 0.25) is 0 Å². The van der Waals surface area contributed by atoms with Gasteiger partial charge < -0.3 is 53.6 Å². The fraction of sp³-hybridized carbons (Fsp3) is 0.375. The predicted octanol–water partition coefficient (Wildman–Crippen LogP) is 1.92. The van der Waals surface area contributed by atoms with Crippen molar-refractivity contribution in [3.05, 3.63) is 81.8 Å². The number of carbonyl (C=O) groups is 2. The summed E-state index contributed by atoms with van der Waals surface area (Å²) in [6, 6.07) is 6.13. The van der Waals surface area contributed by atoms with Crippen LogP contribution in [0.2, 0.25) is 20.1 Å². The van der Waals surface area contributed by atoms with Crippen LogP contribution < -0.4 is 43.8 Å². The number of hydrogen-bond acceptors (Lipinski definition) is 8. The van der Waals surface area contributed by atoms with Crippen molar-refractivity contribution in [3.63, 3.8) is 0 Å². The maximum atomic E-state index is 12.4. The Hall–Kier alpha value is -2.74. The van der Waals surface area contributed by atoms with Gasteiger partial charge in [-0.1, -0.05) is 60.3 Å². The minimum Gasteiger partial charge on any atom is -1.00 e. The van der Waals surface area contributed by atoms with Crippen LogP contribution in [-0.4, -0.2) is 94.6 Å². The Labute approximate surface area is 340 Å². The SMILES string of the molecule is CCCN(CCOc1c(Cl)cc(Cl)cc1OC)C(=O)n1ccnc1.CCCN(CCOc1c(Cl)cc(Cl)cc1OC)C(=O)n1ccnc1.[Cl-].[Cl-].[Mn+2]. The Kier molecular flexibility index (Phi) is 23.9. The molecule has 0 atom stereocenters. The number of rotatable bonds is 14. The van der Waals surface area contributed by atoms with Crippen LogP contribution in [0, 0.1) is 0 Å². The summed E-state index contributed by atoms with van der Waals surface area (Å²) in [5.41, 5.74) is 0. The van der Waals surface area contributed by atoms with Gasteiger partial charge >= 0.3 is 29.1 Å². The fourth-order valence-corrected chi connectivity index (χ4v) is 5.45. The molecule has 2 amide bonds. The minimum absolute atomic E-state index is 0. The van der Waals surface area contributed by atoms with Gasteiger partial charge in [0, 0.05) is 60.1 Å². The third-order valence-corrected chi connectivity index (χ3v) is 7.58. The molecule has 4 rings (SSSR count). The summed E-state index contributed by atoms with van der Waals surface area (Å²) in [7, 11) is 3.03. The van der Waals surface area contributed by atoms with Crippen molar-refractivity contribution >= 4 is 58.5 Å². The fourth-order valence-electron chi connectivity index (χ4n) is 4.39. The van der Waals surface area contributed by atoms with Gasteiger partial charge in [-0.2, -0.15) is 0 Å². The Morgan fingerprint density at radius 2 is 1.04 bits per heavy atom. The predicted molar refractivity (Wildman–Crippen MR) is 187 cm³/mol. The molecular formula is C32H38Cl6MnN6O6. The second kappa shape index (κ2) is 25.3. The van der Waals surface area contributed by atoms with Crippen LogP contribution in [0.5, 0.6) is 23.0 Å². The van der Waals surface area contributed by atoms with Crippen LogP contribution in [0.3, 0.4) is 0 Å². The van der Waals surface area contributed by atoms with Crippen LogP contribution >= 0.6 is 46.4 Å². The standard InChI is InChI=1S/2C16H19Cl2N3O3.2ClH.Mn/c2*1-3-5-20(16(22)21-6-4-19-11-21)7-8-24-15-13(18)9-12(17)10-14(15)23-2;;;/h2*4,6,9-11H,3,5,7-8H2,1-2H3;2*1H;/q;;;;+2/p-2. The topological polar surface area (TPSA) is 113 Å². The molecule has 0 bridgehead atoms. The molecule has 2 heterocycles. The molecule has 281 valence electrons. The second-order valence-corrected chi connectivity index (χ2v) is 11.7. The third-order valence-electron chi connectivity index (χ3n) is 6.58. The van der Waals surface area contributed by atoms with Crippen molar-refractivity contribution in [2.75, 3.05) is 53.6 Å². The molecule has 0 aliphatic carbocycles. The molecule has 0 saturated carbocycles. The molecule has 51 heavy (non-hydrogen) atoms. The summed E-state index contributed by atoms with van der Waals surface area (Å²) in [5, 5.41) is 1.66. The van der Waals surface area contributed by atoms with Crippen LogP contribution in [0.25, 0.3) is 0 Å². The van der Waals surface area contributed by atoms with Crippen molar-refractivity contribution in [2.45, 2.75) is 26.7 Å². The molecule has 1 radical (unpaired) electrons. The van der Waals surface area contributed by atoms with E-state index < -0.39 is 0 Å². The van der Waals surface area contributed by atoms with Crippen LogP contribution in [-0.2, 0) is 17.1 Å². The number of methoxy groups -OCH3 is 2. The summed E-state index contributed by atoms with van der Waals surface area (Å²) in [6.07, 6.45) is 11.0. The molecule has 12 nitrogen and oxygen atoms in total. The first-order valence-corrected chi connectivity index (χ1v) is 16.5. The van der Waals surface area contributed by atoms with E-state index in [0.717, 1.165) is 12.8 Å². The molecule has 0 aliphatic rings. The van der Waals surface area contributed by atoms with E-state index in [2.05, 4.69) is 9.97 Å². The molecule has 0 unspecified atom stereocenters. The number of nitrogens with zero attached hydrogens (tertiary/aromatic N) is 6. The van der Waals surface area contributed by atoms with E-state index in [1.165, 1.54) is 36.0 Å². The molecule has 4 aromatic rings. The first-order chi connectivity index (χ1) is 23.1. The van der Waals surface area contributed by atoms with Crippen molar-refractivity contribution in [2.24, 2.45) is 0 Å². The number of imidazole rings is 2. The molecule has 0 aliphatic heterocycles. The molecule has 2 aromatic carbocycles. The maximum absolute atomic E-state index is 12.4. The van der Waals surface area contributed by atoms with Crippen LogP contribution in [0.15, 0.2) is 61.7 Å². The largest absolute Gasteiger partial charge is 2.00 e. The average molecular weight is 870 g/mol. The zero-order valence-corrected chi connectivity index (χ0v) is 33.9. The Balaban J connectivity index is 0.000000926. The van der Waals surface area contributed by atoms with Gasteiger partial charge in [0.05, 0.1) is 37.4 Å². The molecular weight excluding hydrogens is 832 g/mol. The minimum atomic E-state index is -0.146. The molecule has 0 N–H and O–H groups in total. The Morgan fingerprint density at radius 3 is 1.33 bits per heavy atom. The van der Waals surface area contributed by atoms with E-state index in [9.17, 15) is 9.59 Å². The van der Waals surface area contributed by atoms with E-state index in [0.29, 0.717) is 69.3 Å². The first-order valence-electron chi connectivity index (χ1n) is 15.0. The summed E-state index contributed by atoms with van der Waals surface area (Å²) in [4.78, 5) is 36.0. The van der Waals surface area contributed by atoms with E-state index in [1.54, 1.807) is 58.9 Å². The Morgan fingerprint density at radius 1 is 0.667 bits per heavy atom. The third kappa shape index (κ3) is 14.7. The molecule has 19 heteroatoms. The zero-order chi connectivity index (χ0) is 35.1. The van der Waals surface area contributed by atoms with Crippen LogP contribution in [0.4, 0.5) is 9.59 Å². The van der Waals surface area contributed by atoms with Crippen molar-refractivity contribution in [1.82, 2.24) is 28.9 Å². The average Bonchev–Trinajstić information content (AvgIpc) is 3.81. The number of aromatic nitrogens is 4. The van der Waals surface area contributed by atoms with Gasteiger partial charge in [-0.3, -0.25) is 9.13 Å². The van der Waals surface area contributed by atoms with Gasteiger partial charge in [0.25, 0.3) is 0 Å². The monoisotopic (exact) mass is 867 g/mol. The van der Waals surface area contributed by atoms with Crippen molar-refractivity contribution in [3.8, 4) is 23.0 Å². The van der Waals surface area contributed by atoms with Crippen molar-refractivity contribution in [1.29, 1.82) is 0 Å². The number of hydrogen-bond donors (Lipinski definition) is 0. The van der Waals surface area contributed by atoms with Crippen molar-refractivity contribution < 1.29 is 70.4 Å². The van der Waals surface area contributed by atoms with Gasteiger partial charge in [-0.15, -0.1) is 0 Å². The summed E-state index contributed by atoms with van der Waals surface area (Å²) in [5.74, 6) is 1.73. The van der Waals surface area contributed by atoms with E-state index in [4.69, 9.17) is 65.4 Å². The number of amides is 2. The van der Waals surface area contributed by atoms with Gasteiger partial charge in [0.1, 0.15) is 25.9 Å². The first kappa shape index (κ1) is 48.3. The molecule has 2 aromatic heterocycles. The molecule has 0 saturated heterocycles. The number of halogens is 6. The number of carbonyl (C=O) groups excluding carboxylic acids is 2. The van der Waals surface area contributed by atoms with Gasteiger partial charge in [0.15, 0.2) is 23.0 Å². The number of ether oxygens (including phenoxy) is 4. The van der Waals surface area contributed by atoms with E-state index in [1.807, 2.05) is 13.8 Å². The summed E-state index contributed by atoms with van der Waals surface area (Å²) >= 11 is 24.2. The van der Waals surface area contributed by atoms with E-state index in [-0.39, 0.29) is 67.2 Å². The summed E-state index contributed by atoms with van der Waals surface area (Å²) in [6.45, 7) is 6.62. The quantitative estimate of drug-likeness (QED) is 0.177. The normalized spacial score (nSPS) is 9.88. The van der Waals surface area contributed by atoms with Gasteiger partial charge in [-0.05, 0) is 25.0 Å². The molecule has 0 fully saturated rings. The maximum Gasteiger partial charge on any atom is 2.00 e.